The fraction of sp³-hybridized carbons (Fsp3) is 0.333. The standard InChI is InChI=1S/C18H19F3N6O/c1-10-4-6-11(7-5-10)13-12-14(22)24-9-25-15(12)27(26-13)17(2,3)8-23-16(28)18(19,20)21/h4-7,9H,8H2,1-3H3,(H,23,28)(H2,22,24,25). The summed E-state index contributed by atoms with van der Waals surface area (Å²) in [5.74, 6) is -1.80. The van der Waals surface area contributed by atoms with Crippen LogP contribution in [0.1, 0.15) is 19.4 Å². The zero-order valence-corrected chi connectivity index (χ0v) is 15.5. The van der Waals surface area contributed by atoms with Crippen molar-refractivity contribution in [2.75, 3.05) is 12.3 Å². The van der Waals surface area contributed by atoms with E-state index in [1.165, 1.54) is 11.0 Å². The molecule has 148 valence electrons. The predicted molar refractivity (Wildman–Crippen MR) is 98.3 cm³/mol. The molecule has 0 radical (unpaired) electrons. The van der Waals surface area contributed by atoms with E-state index in [0.717, 1.165) is 11.1 Å². The highest BCUT2D eigenvalue weighted by Gasteiger charge is 2.40. The summed E-state index contributed by atoms with van der Waals surface area (Å²) >= 11 is 0. The Morgan fingerprint density at radius 2 is 1.82 bits per heavy atom. The van der Waals surface area contributed by atoms with E-state index in [1.807, 2.05) is 36.5 Å². The number of carbonyl (C=O) groups excluding carboxylic acids is 1. The molecule has 10 heteroatoms. The summed E-state index contributed by atoms with van der Waals surface area (Å²) in [6, 6.07) is 7.56. The minimum atomic E-state index is -4.96. The van der Waals surface area contributed by atoms with Gasteiger partial charge in [-0.15, -0.1) is 0 Å². The van der Waals surface area contributed by atoms with Gasteiger partial charge in [0.2, 0.25) is 0 Å². The molecule has 28 heavy (non-hydrogen) atoms. The zero-order valence-electron chi connectivity index (χ0n) is 15.5. The average molecular weight is 392 g/mol. The van der Waals surface area contributed by atoms with E-state index >= 15 is 0 Å². The van der Waals surface area contributed by atoms with Crippen LogP contribution in [0.2, 0.25) is 0 Å². The molecule has 2 heterocycles. The Morgan fingerprint density at radius 1 is 1.18 bits per heavy atom. The number of alkyl halides is 3. The lowest BCUT2D eigenvalue weighted by Crippen LogP contribution is -2.45. The van der Waals surface area contributed by atoms with E-state index in [-0.39, 0.29) is 12.4 Å². The summed E-state index contributed by atoms with van der Waals surface area (Å²) in [6.45, 7) is 4.93. The number of fused-ring (bicyclic) bond motifs is 1. The maximum atomic E-state index is 12.5. The lowest BCUT2D eigenvalue weighted by Gasteiger charge is -2.26. The number of benzene rings is 1. The van der Waals surface area contributed by atoms with Gasteiger partial charge in [-0.25, -0.2) is 14.6 Å². The van der Waals surface area contributed by atoms with Crippen LogP contribution in [0.3, 0.4) is 0 Å². The molecule has 0 aliphatic rings. The third kappa shape index (κ3) is 3.62. The molecular formula is C18H19F3N6O. The van der Waals surface area contributed by atoms with Crippen molar-refractivity contribution in [2.24, 2.45) is 0 Å². The summed E-state index contributed by atoms with van der Waals surface area (Å²) in [7, 11) is 0. The van der Waals surface area contributed by atoms with Crippen LogP contribution in [-0.4, -0.2) is 38.4 Å². The van der Waals surface area contributed by atoms with Gasteiger partial charge in [0.05, 0.1) is 10.9 Å². The van der Waals surface area contributed by atoms with Crippen molar-refractivity contribution >= 4 is 22.8 Å². The van der Waals surface area contributed by atoms with Crippen molar-refractivity contribution in [2.45, 2.75) is 32.5 Å². The van der Waals surface area contributed by atoms with Crippen LogP contribution in [0.4, 0.5) is 19.0 Å². The molecule has 1 aromatic carbocycles. The molecule has 0 fully saturated rings. The van der Waals surface area contributed by atoms with Gasteiger partial charge in [0.15, 0.2) is 5.65 Å². The van der Waals surface area contributed by atoms with Crippen molar-refractivity contribution in [3.05, 3.63) is 36.2 Å². The number of nitrogens with zero attached hydrogens (tertiary/aromatic N) is 4. The van der Waals surface area contributed by atoms with Crippen LogP contribution < -0.4 is 11.1 Å². The number of nitrogens with two attached hydrogens (primary N) is 1. The van der Waals surface area contributed by atoms with Gasteiger partial charge < -0.3 is 11.1 Å². The van der Waals surface area contributed by atoms with E-state index in [4.69, 9.17) is 5.73 Å². The SMILES string of the molecule is Cc1ccc(-c2nn(C(C)(C)CNC(=O)C(F)(F)F)c3ncnc(N)c23)cc1. The summed E-state index contributed by atoms with van der Waals surface area (Å²) in [4.78, 5) is 19.4. The number of nitrogens with one attached hydrogen (secondary N) is 1. The first-order valence-corrected chi connectivity index (χ1v) is 8.42. The van der Waals surface area contributed by atoms with E-state index < -0.39 is 17.6 Å². The highest BCUT2D eigenvalue weighted by Crippen LogP contribution is 2.33. The van der Waals surface area contributed by atoms with Crippen LogP contribution in [-0.2, 0) is 10.3 Å². The maximum Gasteiger partial charge on any atom is 0.471 e. The molecule has 0 aliphatic heterocycles. The largest absolute Gasteiger partial charge is 0.471 e. The number of aromatic nitrogens is 4. The molecule has 2 aromatic heterocycles. The Labute approximate surface area is 158 Å². The lowest BCUT2D eigenvalue weighted by atomic mass is 10.1. The molecule has 0 bridgehead atoms. The highest BCUT2D eigenvalue weighted by atomic mass is 19.4. The topological polar surface area (TPSA) is 98.7 Å². The Morgan fingerprint density at radius 3 is 2.43 bits per heavy atom. The second-order valence-electron chi connectivity index (χ2n) is 7.08. The first kappa shape index (κ1) is 19.6. The molecule has 3 rings (SSSR count). The van der Waals surface area contributed by atoms with Gasteiger partial charge >= 0.3 is 12.1 Å². The van der Waals surface area contributed by atoms with E-state index in [2.05, 4.69) is 15.1 Å². The van der Waals surface area contributed by atoms with Gasteiger partial charge in [-0.05, 0) is 20.8 Å². The second-order valence-corrected chi connectivity index (χ2v) is 7.08. The van der Waals surface area contributed by atoms with Crippen LogP contribution in [0, 0.1) is 6.92 Å². The van der Waals surface area contributed by atoms with Crippen LogP contribution >= 0.6 is 0 Å². The Hall–Kier alpha value is -3.17. The number of amides is 1. The van der Waals surface area contributed by atoms with E-state index in [9.17, 15) is 18.0 Å². The molecule has 0 aliphatic carbocycles. The fourth-order valence-electron chi connectivity index (χ4n) is 2.78. The minimum Gasteiger partial charge on any atom is -0.383 e. The number of nitrogen functional groups attached to an aromatic ring is 1. The average Bonchev–Trinajstić information content (AvgIpc) is 3.01. The van der Waals surface area contributed by atoms with Crippen LogP contribution in [0.5, 0.6) is 0 Å². The Kier molecular flexibility index (Phi) is 4.74. The van der Waals surface area contributed by atoms with Crippen LogP contribution in [0.25, 0.3) is 22.3 Å². The Bertz CT molecular complexity index is 1020. The van der Waals surface area contributed by atoms with Crippen molar-refractivity contribution in [1.29, 1.82) is 0 Å². The van der Waals surface area contributed by atoms with Crippen molar-refractivity contribution in [3.8, 4) is 11.3 Å². The van der Waals surface area contributed by atoms with Crippen molar-refractivity contribution in [3.63, 3.8) is 0 Å². The zero-order chi connectivity index (χ0) is 20.7. The van der Waals surface area contributed by atoms with Crippen molar-refractivity contribution < 1.29 is 18.0 Å². The smallest absolute Gasteiger partial charge is 0.383 e. The summed E-state index contributed by atoms with van der Waals surface area (Å²) < 4.78 is 39.0. The maximum absolute atomic E-state index is 12.5. The molecule has 1 amide bonds. The number of hydrogen-bond acceptors (Lipinski definition) is 5. The molecule has 7 nitrogen and oxygen atoms in total. The van der Waals surface area contributed by atoms with Gasteiger partial charge in [0.1, 0.15) is 17.8 Å². The Balaban J connectivity index is 2.07. The summed E-state index contributed by atoms with van der Waals surface area (Å²) in [5, 5.41) is 6.96. The molecular weight excluding hydrogens is 373 g/mol. The first-order valence-electron chi connectivity index (χ1n) is 8.42. The summed E-state index contributed by atoms with van der Waals surface area (Å²) in [5.41, 5.74) is 7.74. The van der Waals surface area contributed by atoms with E-state index in [1.54, 1.807) is 13.8 Å². The number of carbonyl (C=O) groups is 1. The van der Waals surface area contributed by atoms with Crippen molar-refractivity contribution in [1.82, 2.24) is 25.1 Å². The fourth-order valence-corrected chi connectivity index (χ4v) is 2.78. The molecule has 0 saturated heterocycles. The quantitative estimate of drug-likeness (QED) is 0.711. The van der Waals surface area contributed by atoms with Gasteiger partial charge in [0, 0.05) is 12.1 Å². The van der Waals surface area contributed by atoms with Gasteiger partial charge in [-0.2, -0.15) is 18.3 Å². The van der Waals surface area contributed by atoms with Gasteiger partial charge in [-0.3, -0.25) is 4.79 Å². The lowest BCUT2D eigenvalue weighted by molar-refractivity contribution is -0.173. The number of hydrogen-bond donors (Lipinski definition) is 2. The molecule has 3 aromatic rings. The highest BCUT2D eigenvalue weighted by molar-refractivity contribution is 5.98. The molecule has 0 saturated carbocycles. The monoisotopic (exact) mass is 392 g/mol. The molecule has 3 N–H and O–H groups in total. The molecule has 0 atom stereocenters. The molecule has 0 unspecified atom stereocenters. The third-order valence-corrected chi connectivity index (χ3v) is 4.33. The normalized spacial score (nSPS) is 12.4. The molecule has 0 spiro atoms. The first-order chi connectivity index (χ1) is 13.0. The van der Waals surface area contributed by atoms with Crippen LogP contribution in [0.15, 0.2) is 30.6 Å². The third-order valence-electron chi connectivity index (χ3n) is 4.33. The van der Waals surface area contributed by atoms with E-state index in [0.29, 0.717) is 16.7 Å². The van der Waals surface area contributed by atoms with Gasteiger partial charge in [-0.1, -0.05) is 29.8 Å². The summed E-state index contributed by atoms with van der Waals surface area (Å²) in [6.07, 6.45) is -3.69. The number of halogens is 3. The predicted octanol–water partition coefficient (Wildman–Crippen LogP) is 2.80. The minimum absolute atomic E-state index is 0.210. The second kappa shape index (κ2) is 6.77. The number of aryl methyl sites for hydroxylation is 1. The number of anilines is 1. The van der Waals surface area contributed by atoms with Gasteiger partial charge in [0.25, 0.3) is 0 Å². The number of rotatable bonds is 4.